The van der Waals surface area contributed by atoms with Crippen molar-refractivity contribution in [2.45, 2.75) is 32.9 Å². The van der Waals surface area contributed by atoms with E-state index in [1.807, 2.05) is 51.1 Å². The standard InChI is InChI=1S/C21H25N5O2/c1-13(2)18(21-25-19(26-28-21)16-9-11-23-12-10-16)24-20(27)14(3)17(22)15-7-5-4-6-8-15/h4-14,17-18H,22H2,1-3H3,(H,24,27). The minimum atomic E-state index is -0.411. The third-order valence-corrected chi connectivity index (χ3v) is 4.75. The summed E-state index contributed by atoms with van der Waals surface area (Å²) in [7, 11) is 0. The molecule has 28 heavy (non-hydrogen) atoms. The normalized spacial score (nSPS) is 14.5. The van der Waals surface area contributed by atoms with Crippen molar-refractivity contribution in [2.75, 3.05) is 0 Å². The molecular formula is C21H25N5O2. The fourth-order valence-corrected chi connectivity index (χ4v) is 2.91. The largest absolute Gasteiger partial charge is 0.344 e. The van der Waals surface area contributed by atoms with Crippen LogP contribution < -0.4 is 11.1 Å². The molecule has 0 aliphatic rings. The van der Waals surface area contributed by atoms with Gasteiger partial charge in [-0.25, -0.2) is 0 Å². The lowest BCUT2D eigenvalue weighted by atomic mass is 9.93. The number of nitrogens with two attached hydrogens (primary N) is 1. The predicted octanol–water partition coefficient (Wildman–Crippen LogP) is 3.28. The van der Waals surface area contributed by atoms with E-state index in [0.717, 1.165) is 11.1 Å². The highest BCUT2D eigenvalue weighted by atomic mass is 16.5. The Labute approximate surface area is 164 Å². The quantitative estimate of drug-likeness (QED) is 0.652. The van der Waals surface area contributed by atoms with Crippen molar-refractivity contribution < 1.29 is 9.32 Å². The molecule has 0 radical (unpaired) electrons. The highest BCUT2D eigenvalue weighted by Gasteiger charge is 2.29. The summed E-state index contributed by atoms with van der Waals surface area (Å²) >= 11 is 0. The molecule has 0 fully saturated rings. The van der Waals surface area contributed by atoms with Gasteiger partial charge in [-0.3, -0.25) is 9.78 Å². The maximum absolute atomic E-state index is 12.8. The zero-order chi connectivity index (χ0) is 20.1. The van der Waals surface area contributed by atoms with Gasteiger partial charge in [0.2, 0.25) is 17.6 Å². The monoisotopic (exact) mass is 379 g/mol. The number of carbonyl (C=O) groups excluding carboxylic acids is 1. The highest BCUT2D eigenvalue weighted by molar-refractivity contribution is 5.79. The molecular weight excluding hydrogens is 354 g/mol. The molecule has 0 aliphatic carbocycles. The van der Waals surface area contributed by atoms with E-state index < -0.39 is 18.0 Å². The van der Waals surface area contributed by atoms with E-state index >= 15 is 0 Å². The molecule has 3 unspecified atom stereocenters. The number of aromatic nitrogens is 3. The maximum atomic E-state index is 12.8. The predicted molar refractivity (Wildman–Crippen MR) is 106 cm³/mol. The first-order chi connectivity index (χ1) is 13.5. The lowest BCUT2D eigenvalue weighted by Gasteiger charge is -2.24. The van der Waals surface area contributed by atoms with Gasteiger partial charge in [-0.1, -0.05) is 56.3 Å². The summed E-state index contributed by atoms with van der Waals surface area (Å²) < 4.78 is 5.44. The van der Waals surface area contributed by atoms with E-state index in [0.29, 0.717) is 11.7 Å². The first-order valence-corrected chi connectivity index (χ1v) is 9.32. The molecule has 0 saturated carbocycles. The van der Waals surface area contributed by atoms with E-state index in [1.54, 1.807) is 24.5 Å². The maximum Gasteiger partial charge on any atom is 0.249 e. The molecule has 3 N–H and O–H groups in total. The van der Waals surface area contributed by atoms with E-state index in [-0.39, 0.29) is 11.8 Å². The number of benzene rings is 1. The minimum absolute atomic E-state index is 0.0647. The van der Waals surface area contributed by atoms with Crippen LogP contribution in [0.1, 0.15) is 44.3 Å². The molecule has 1 aromatic carbocycles. The molecule has 2 aromatic heterocycles. The Kier molecular flexibility index (Phi) is 6.16. The fraction of sp³-hybridized carbons (Fsp3) is 0.333. The summed E-state index contributed by atoms with van der Waals surface area (Å²) in [5.74, 6) is 0.335. The number of nitrogens with one attached hydrogen (secondary N) is 1. The Hall–Kier alpha value is -3.06. The topological polar surface area (TPSA) is 107 Å². The van der Waals surface area contributed by atoms with Gasteiger partial charge < -0.3 is 15.6 Å². The van der Waals surface area contributed by atoms with Crippen LogP contribution in [0.25, 0.3) is 11.4 Å². The van der Waals surface area contributed by atoms with Crippen LogP contribution in [0.5, 0.6) is 0 Å². The van der Waals surface area contributed by atoms with Gasteiger partial charge in [0, 0.05) is 24.0 Å². The second kappa shape index (κ2) is 8.75. The summed E-state index contributed by atoms with van der Waals surface area (Å²) in [6, 6.07) is 12.4. The van der Waals surface area contributed by atoms with Gasteiger partial charge in [0.25, 0.3) is 0 Å². The van der Waals surface area contributed by atoms with Crippen LogP contribution in [0, 0.1) is 11.8 Å². The van der Waals surface area contributed by atoms with Crippen LogP contribution in [-0.2, 0) is 4.79 Å². The molecule has 1 amide bonds. The van der Waals surface area contributed by atoms with E-state index in [1.165, 1.54) is 0 Å². The van der Waals surface area contributed by atoms with Crippen LogP contribution in [0.15, 0.2) is 59.4 Å². The van der Waals surface area contributed by atoms with E-state index in [9.17, 15) is 4.79 Å². The highest BCUT2D eigenvalue weighted by Crippen LogP contribution is 2.25. The average Bonchev–Trinajstić information content (AvgIpc) is 3.21. The Bertz CT molecular complexity index is 895. The van der Waals surface area contributed by atoms with Gasteiger partial charge in [-0.05, 0) is 23.6 Å². The van der Waals surface area contributed by atoms with Gasteiger partial charge in [-0.2, -0.15) is 4.98 Å². The second-order valence-electron chi connectivity index (χ2n) is 7.15. The van der Waals surface area contributed by atoms with Crippen LogP contribution in [0.3, 0.4) is 0 Å². The van der Waals surface area contributed by atoms with Gasteiger partial charge in [0.15, 0.2) is 0 Å². The number of hydrogen-bond acceptors (Lipinski definition) is 6. The number of hydrogen-bond donors (Lipinski definition) is 2. The van der Waals surface area contributed by atoms with Crippen LogP contribution >= 0.6 is 0 Å². The Morgan fingerprint density at radius 3 is 2.39 bits per heavy atom. The molecule has 7 heteroatoms. The third kappa shape index (κ3) is 4.43. The zero-order valence-electron chi connectivity index (χ0n) is 16.2. The summed E-state index contributed by atoms with van der Waals surface area (Å²) in [5.41, 5.74) is 8.02. The van der Waals surface area contributed by atoms with Gasteiger partial charge in [0.05, 0.1) is 5.92 Å². The van der Waals surface area contributed by atoms with Crippen LogP contribution in [0.4, 0.5) is 0 Å². The van der Waals surface area contributed by atoms with Crippen LogP contribution in [0.2, 0.25) is 0 Å². The van der Waals surface area contributed by atoms with Crippen molar-refractivity contribution in [3.05, 3.63) is 66.3 Å². The fourth-order valence-electron chi connectivity index (χ4n) is 2.91. The molecule has 3 aromatic rings. The average molecular weight is 379 g/mol. The Morgan fingerprint density at radius 1 is 1.07 bits per heavy atom. The molecule has 146 valence electrons. The zero-order valence-corrected chi connectivity index (χ0v) is 16.2. The van der Waals surface area contributed by atoms with Crippen molar-refractivity contribution in [3.63, 3.8) is 0 Å². The summed E-state index contributed by atoms with van der Waals surface area (Å²) in [5, 5.41) is 7.06. The first kappa shape index (κ1) is 19.7. The summed E-state index contributed by atoms with van der Waals surface area (Å²) in [6.45, 7) is 5.80. The summed E-state index contributed by atoms with van der Waals surface area (Å²) in [6.07, 6.45) is 3.33. The smallest absolute Gasteiger partial charge is 0.249 e. The van der Waals surface area contributed by atoms with Crippen molar-refractivity contribution in [1.29, 1.82) is 0 Å². The molecule has 3 rings (SSSR count). The molecule has 0 aliphatic heterocycles. The minimum Gasteiger partial charge on any atom is -0.344 e. The van der Waals surface area contributed by atoms with Crippen molar-refractivity contribution in [2.24, 2.45) is 17.6 Å². The van der Waals surface area contributed by atoms with Gasteiger partial charge in [-0.15, -0.1) is 0 Å². The molecule has 2 heterocycles. The lowest BCUT2D eigenvalue weighted by Crippen LogP contribution is -2.39. The molecule has 3 atom stereocenters. The second-order valence-corrected chi connectivity index (χ2v) is 7.15. The van der Waals surface area contributed by atoms with Crippen molar-refractivity contribution in [1.82, 2.24) is 20.4 Å². The molecule has 0 spiro atoms. The van der Waals surface area contributed by atoms with Crippen molar-refractivity contribution in [3.8, 4) is 11.4 Å². The third-order valence-electron chi connectivity index (χ3n) is 4.75. The van der Waals surface area contributed by atoms with Crippen LogP contribution in [-0.4, -0.2) is 21.0 Å². The first-order valence-electron chi connectivity index (χ1n) is 9.32. The van der Waals surface area contributed by atoms with E-state index in [2.05, 4.69) is 20.4 Å². The SMILES string of the molecule is CC(C)C(NC(=O)C(C)C(N)c1ccccc1)c1nc(-c2ccncc2)no1. The molecule has 7 nitrogen and oxygen atoms in total. The molecule has 0 saturated heterocycles. The van der Waals surface area contributed by atoms with Gasteiger partial charge in [0.1, 0.15) is 6.04 Å². The van der Waals surface area contributed by atoms with Gasteiger partial charge >= 0.3 is 0 Å². The number of rotatable bonds is 7. The molecule has 0 bridgehead atoms. The number of nitrogens with zero attached hydrogens (tertiary/aromatic N) is 3. The summed E-state index contributed by atoms with van der Waals surface area (Å²) in [4.78, 5) is 21.3. The van der Waals surface area contributed by atoms with Crippen molar-refractivity contribution >= 4 is 5.91 Å². The number of amides is 1. The lowest BCUT2D eigenvalue weighted by molar-refractivity contribution is -0.126. The van der Waals surface area contributed by atoms with E-state index in [4.69, 9.17) is 10.3 Å². The number of pyridine rings is 1. The number of carbonyl (C=O) groups is 1. The Balaban J connectivity index is 1.74. The Morgan fingerprint density at radius 2 is 1.75 bits per heavy atom.